The number of hydrazine groups is 1. The van der Waals surface area contributed by atoms with Gasteiger partial charge in [0.2, 0.25) is 11.8 Å². The Bertz CT molecular complexity index is 500. The Labute approximate surface area is 133 Å². The minimum Gasteiger partial charge on any atom is -0.326 e. The number of hydrogen-bond acceptors (Lipinski definition) is 3. The van der Waals surface area contributed by atoms with Gasteiger partial charge in [0.15, 0.2) is 0 Å². The number of nitrogens with one attached hydrogen (secondary N) is 3. The number of carbonyl (C=O) groups excluding carboxylic acids is 2. The van der Waals surface area contributed by atoms with Crippen LogP contribution in [0, 0.1) is 0 Å². The second-order valence-corrected chi connectivity index (χ2v) is 5.53. The van der Waals surface area contributed by atoms with Gasteiger partial charge in [-0.25, -0.2) is 0 Å². The summed E-state index contributed by atoms with van der Waals surface area (Å²) in [4.78, 5) is 23.2. The lowest BCUT2D eigenvalue weighted by atomic mass is 10.2. The minimum atomic E-state index is -0.197. The molecule has 0 unspecified atom stereocenters. The summed E-state index contributed by atoms with van der Waals surface area (Å²) < 4.78 is 0.946. The Morgan fingerprint density at radius 1 is 1.14 bits per heavy atom. The van der Waals surface area contributed by atoms with E-state index >= 15 is 0 Å². The molecule has 1 aromatic carbocycles. The van der Waals surface area contributed by atoms with Crippen LogP contribution in [0.25, 0.3) is 0 Å². The van der Waals surface area contributed by atoms with Gasteiger partial charge >= 0.3 is 0 Å². The number of hydrogen-bond donors (Lipinski definition) is 3. The van der Waals surface area contributed by atoms with Gasteiger partial charge in [-0.2, -0.15) is 0 Å². The molecule has 0 aliphatic heterocycles. The van der Waals surface area contributed by atoms with E-state index < -0.39 is 0 Å². The lowest BCUT2D eigenvalue weighted by Gasteiger charge is -2.11. The first-order chi connectivity index (χ1) is 10.0. The highest BCUT2D eigenvalue weighted by Crippen LogP contribution is 2.14. The fourth-order valence-electron chi connectivity index (χ4n) is 1.53. The van der Waals surface area contributed by atoms with E-state index in [9.17, 15) is 9.59 Å². The normalized spacial score (nSPS) is 9.81. The van der Waals surface area contributed by atoms with Gasteiger partial charge in [0.25, 0.3) is 0 Å². The lowest BCUT2D eigenvalue weighted by Crippen LogP contribution is -2.37. The Kier molecular flexibility index (Phi) is 7.53. The monoisotopic (exact) mass is 353 g/mol. The molecule has 2 amide bonds. The largest absolute Gasteiger partial charge is 0.326 e. The summed E-state index contributed by atoms with van der Waals surface area (Å²) in [5.41, 5.74) is 6.32. The standard InChI is InChI=1S/C15H20BrN3O2/c1-3-4-5-14(20)19-18-11(2)10-15(21)17-13-8-6-12(16)7-9-13/h6-9,18H,2-5,10H2,1H3,(H,17,21)(H,19,20). The van der Waals surface area contributed by atoms with Crippen LogP contribution in [0.5, 0.6) is 0 Å². The van der Waals surface area contributed by atoms with E-state index in [4.69, 9.17) is 0 Å². The first kappa shape index (κ1) is 17.2. The fraction of sp³-hybridized carbons (Fsp3) is 0.333. The van der Waals surface area contributed by atoms with Crippen molar-refractivity contribution >= 4 is 33.4 Å². The molecule has 0 radical (unpaired) electrons. The van der Waals surface area contributed by atoms with Crippen LogP contribution in [0.4, 0.5) is 5.69 Å². The Morgan fingerprint density at radius 3 is 2.43 bits per heavy atom. The van der Waals surface area contributed by atoms with Crippen molar-refractivity contribution in [3.8, 4) is 0 Å². The number of halogens is 1. The predicted molar refractivity (Wildman–Crippen MR) is 87.3 cm³/mol. The van der Waals surface area contributed by atoms with Crippen LogP contribution >= 0.6 is 15.9 Å². The van der Waals surface area contributed by atoms with Gasteiger partial charge in [0.05, 0.1) is 6.42 Å². The van der Waals surface area contributed by atoms with E-state index in [2.05, 4.69) is 38.7 Å². The van der Waals surface area contributed by atoms with Gasteiger partial charge in [-0.3, -0.25) is 15.0 Å². The van der Waals surface area contributed by atoms with Crippen molar-refractivity contribution < 1.29 is 9.59 Å². The van der Waals surface area contributed by atoms with E-state index in [0.717, 1.165) is 17.3 Å². The maximum atomic E-state index is 11.8. The highest BCUT2D eigenvalue weighted by atomic mass is 79.9. The van der Waals surface area contributed by atoms with Crippen LogP contribution in [0.15, 0.2) is 41.0 Å². The SMILES string of the molecule is C=C(CC(=O)Nc1ccc(Br)cc1)NNC(=O)CCCC. The first-order valence-electron chi connectivity index (χ1n) is 6.79. The molecule has 0 aromatic heterocycles. The molecule has 0 spiro atoms. The topological polar surface area (TPSA) is 70.2 Å². The highest BCUT2D eigenvalue weighted by molar-refractivity contribution is 9.10. The van der Waals surface area contributed by atoms with Crippen molar-refractivity contribution in [1.29, 1.82) is 0 Å². The molecule has 5 nitrogen and oxygen atoms in total. The van der Waals surface area contributed by atoms with Crippen molar-refractivity contribution in [2.75, 3.05) is 5.32 Å². The number of carbonyl (C=O) groups is 2. The number of benzene rings is 1. The molecule has 0 bridgehead atoms. The number of amides is 2. The van der Waals surface area contributed by atoms with Crippen LogP contribution in [-0.4, -0.2) is 11.8 Å². The molecule has 1 aromatic rings. The van der Waals surface area contributed by atoms with E-state index in [-0.39, 0.29) is 18.2 Å². The zero-order valence-electron chi connectivity index (χ0n) is 12.0. The summed E-state index contributed by atoms with van der Waals surface area (Å²) in [6, 6.07) is 7.28. The fourth-order valence-corrected chi connectivity index (χ4v) is 1.80. The number of unbranched alkanes of at least 4 members (excludes halogenated alkanes) is 1. The molecular weight excluding hydrogens is 334 g/mol. The Balaban J connectivity index is 2.29. The Morgan fingerprint density at radius 2 is 1.81 bits per heavy atom. The second kappa shape index (κ2) is 9.18. The summed E-state index contributed by atoms with van der Waals surface area (Å²) in [6.07, 6.45) is 2.35. The number of anilines is 1. The third-order valence-electron chi connectivity index (χ3n) is 2.64. The summed E-state index contributed by atoms with van der Waals surface area (Å²) in [7, 11) is 0. The first-order valence-corrected chi connectivity index (χ1v) is 7.58. The van der Waals surface area contributed by atoms with Crippen LogP contribution in [-0.2, 0) is 9.59 Å². The highest BCUT2D eigenvalue weighted by Gasteiger charge is 2.06. The third-order valence-corrected chi connectivity index (χ3v) is 3.17. The third kappa shape index (κ3) is 7.51. The van der Waals surface area contributed by atoms with Crippen molar-refractivity contribution in [3.05, 3.63) is 41.0 Å². The predicted octanol–water partition coefficient (Wildman–Crippen LogP) is 3.10. The van der Waals surface area contributed by atoms with E-state index in [0.29, 0.717) is 17.8 Å². The zero-order chi connectivity index (χ0) is 15.7. The molecule has 21 heavy (non-hydrogen) atoms. The Hall–Kier alpha value is -1.82. The minimum absolute atomic E-state index is 0.0874. The van der Waals surface area contributed by atoms with Gasteiger partial charge < -0.3 is 10.7 Å². The van der Waals surface area contributed by atoms with E-state index in [1.54, 1.807) is 12.1 Å². The van der Waals surface area contributed by atoms with Crippen LogP contribution < -0.4 is 16.2 Å². The van der Waals surface area contributed by atoms with Crippen molar-refractivity contribution in [3.63, 3.8) is 0 Å². The van der Waals surface area contributed by atoms with Gasteiger partial charge in [-0.15, -0.1) is 0 Å². The van der Waals surface area contributed by atoms with Gasteiger partial charge in [-0.1, -0.05) is 35.9 Å². The maximum Gasteiger partial charge on any atom is 0.238 e. The molecule has 114 valence electrons. The summed E-state index contributed by atoms with van der Waals surface area (Å²) in [5, 5.41) is 2.75. The quantitative estimate of drug-likeness (QED) is 0.629. The molecule has 0 saturated heterocycles. The molecule has 0 atom stereocenters. The molecule has 0 fully saturated rings. The summed E-state index contributed by atoms with van der Waals surface area (Å²) in [5.74, 6) is -0.302. The van der Waals surface area contributed by atoms with Crippen molar-refractivity contribution in [2.24, 2.45) is 0 Å². The van der Waals surface area contributed by atoms with Crippen LogP contribution in [0.3, 0.4) is 0 Å². The number of rotatable bonds is 8. The van der Waals surface area contributed by atoms with Crippen LogP contribution in [0.1, 0.15) is 32.6 Å². The zero-order valence-corrected chi connectivity index (χ0v) is 13.6. The van der Waals surface area contributed by atoms with Crippen molar-refractivity contribution in [2.45, 2.75) is 32.6 Å². The maximum absolute atomic E-state index is 11.8. The molecule has 1 rings (SSSR count). The summed E-state index contributed by atoms with van der Waals surface area (Å²) in [6.45, 7) is 5.73. The van der Waals surface area contributed by atoms with Crippen molar-refractivity contribution in [1.82, 2.24) is 10.9 Å². The molecular formula is C15H20BrN3O2. The molecule has 6 heteroatoms. The lowest BCUT2D eigenvalue weighted by molar-refractivity contribution is -0.122. The molecule has 0 aliphatic rings. The average Bonchev–Trinajstić information content (AvgIpc) is 2.45. The summed E-state index contributed by atoms with van der Waals surface area (Å²) >= 11 is 3.33. The van der Waals surface area contributed by atoms with Gasteiger partial charge in [0.1, 0.15) is 0 Å². The molecule has 0 heterocycles. The van der Waals surface area contributed by atoms with Crippen LogP contribution in [0.2, 0.25) is 0 Å². The van der Waals surface area contributed by atoms with Gasteiger partial charge in [-0.05, 0) is 30.7 Å². The van der Waals surface area contributed by atoms with E-state index in [1.165, 1.54) is 0 Å². The molecule has 3 N–H and O–H groups in total. The molecule has 0 saturated carbocycles. The van der Waals surface area contributed by atoms with Gasteiger partial charge in [0, 0.05) is 22.3 Å². The molecule has 0 aliphatic carbocycles. The average molecular weight is 354 g/mol. The second-order valence-electron chi connectivity index (χ2n) is 4.61. The smallest absolute Gasteiger partial charge is 0.238 e. The van der Waals surface area contributed by atoms with E-state index in [1.807, 2.05) is 19.1 Å².